The molecule has 1 aromatic rings. The van der Waals surface area contributed by atoms with Gasteiger partial charge in [0.2, 0.25) is 10.0 Å². The lowest BCUT2D eigenvalue weighted by atomic mass is 9.94. The normalized spacial score (nSPS) is 20.9. The van der Waals surface area contributed by atoms with Crippen LogP contribution in [0.1, 0.15) is 57.3 Å². The Morgan fingerprint density at radius 3 is 2.36 bits per heavy atom. The average molecular weight is 411 g/mol. The van der Waals surface area contributed by atoms with Crippen LogP contribution in [0.4, 0.5) is 0 Å². The minimum absolute atomic E-state index is 0.0616. The quantitative estimate of drug-likeness (QED) is 0.711. The standard InChI is InChI=1S/C21H34N2O4S/c1-6-17(7-2)12-22-21(24)18-8-9-19(27-5)20(11-18)28(25,26)23-13-15(3)10-16(4)14-23/h8-9,11,15-17H,6-7,10,12-14H2,1-5H3,(H,22,24). The Morgan fingerprint density at radius 2 is 1.82 bits per heavy atom. The van der Waals surface area contributed by atoms with E-state index in [2.05, 4.69) is 33.0 Å². The van der Waals surface area contributed by atoms with Crippen LogP contribution < -0.4 is 10.1 Å². The van der Waals surface area contributed by atoms with Crippen LogP contribution >= 0.6 is 0 Å². The third kappa shape index (κ3) is 5.26. The van der Waals surface area contributed by atoms with Crippen molar-refractivity contribution in [3.05, 3.63) is 23.8 Å². The maximum Gasteiger partial charge on any atom is 0.251 e. The van der Waals surface area contributed by atoms with Crippen LogP contribution in [0.15, 0.2) is 23.1 Å². The zero-order valence-electron chi connectivity index (χ0n) is 17.7. The molecule has 0 bridgehead atoms. The fourth-order valence-corrected chi connectivity index (χ4v) is 5.74. The van der Waals surface area contributed by atoms with Crippen LogP contribution in [0.5, 0.6) is 5.75 Å². The largest absolute Gasteiger partial charge is 0.495 e. The molecule has 0 saturated carbocycles. The highest BCUT2D eigenvalue weighted by molar-refractivity contribution is 7.89. The molecule has 28 heavy (non-hydrogen) atoms. The van der Waals surface area contributed by atoms with Gasteiger partial charge in [0.1, 0.15) is 10.6 Å². The zero-order valence-corrected chi connectivity index (χ0v) is 18.5. The molecule has 0 spiro atoms. The predicted molar refractivity (Wildman–Crippen MR) is 111 cm³/mol. The zero-order chi connectivity index (χ0) is 20.9. The van der Waals surface area contributed by atoms with Gasteiger partial charge in [-0.05, 0) is 42.4 Å². The molecule has 0 radical (unpaired) electrons. The second-order valence-corrected chi connectivity index (χ2v) is 9.93. The van der Waals surface area contributed by atoms with E-state index >= 15 is 0 Å². The summed E-state index contributed by atoms with van der Waals surface area (Å²) in [5.74, 6) is 1.03. The monoisotopic (exact) mass is 410 g/mol. The van der Waals surface area contributed by atoms with E-state index in [0.29, 0.717) is 43.0 Å². The average Bonchev–Trinajstić information content (AvgIpc) is 2.67. The summed E-state index contributed by atoms with van der Waals surface area (Å²) in [7, 11) is -2.29. The Bertz CT molecular complexity index is 765. The van der Waals surface area contributed by atoms with E-state index in [1.165, 1.54) is 17.5 Å². The number of ether oxygens (including phenoxy) is 1. The molecule has 2 atom stereocenters. The van der Waals surface area contributed by atoms with Crippen molar-refractivity contribution in [2.24, 2.45) is 17.8 Å². The molecule has 1 N–H and O–H groups in total. The molecule has 1 saturated heterocycles. The number of hydrogen-bond acceptors (Lipinski definition) is 4. The maximum absolute atomic E-state index is 13.3. The summed E-state index contributed by atoms with van der Waals surface area (Å²) in [6, 6.07) is 4.62. The molecule has 0 aromatic heterocycles. The number of carbonyl (C=O) groups excluding carboxylic acids is 1. The predicted octanol–water partition coefficient (Wildman–Crippen LogP) is 3.53. The second-order valence-electron chi connectivity index (χ2n) is 8.03. The van der Waals surface area contributed by atoms with Crippen LogP contribution in [-0.2, 0) is 10.0 Å². The number of piperidine rings is 1. The summed E-state index contributed by atoms with van der Waals surface area (Å²) >= 11 is 0. The van der Waals surface area contributed by atoms with Crippen molar-refractivity contribution in [2.45, 2.75) is 51.9 Å². The number of amides is 1. The van der Waals surface area contributed by atoms with Crippen LogP contribution in [-0.4, -0.2) is 45.4 Å². The molecule has 1 aromatic carbocycles. The summed E-state index contributed by atoms with van der Waals surface area (Å²) in [6.07, 6.45) is 3.00. The molecular formula is C21H34N2O4S. The van der Waals surface area contributed by atoms with Crippen molar-refractivity contribution in [3.63, 3.8) is 0 Å². The number of nitrogens with zero attached hydrogens (tertiary/aromatic N) is 1. The highest BCUT2D eigenvalue weighted by Gasteiger charge is 2.34. The van der Waals surface area contributed by atoms with Crippen molar-refractivity contribution >= 4 is 15.9 Å². The van der Waals surface area contributed by atoms with E-state index in [1.54, 1.807) is 12.1 Å². The smallest absolute Gasteiger partial charge is 0.251 e. The molecule has 7 heteroatoms. The van der Waals surface area contributed by atoms with Gasteiger partial charge >= 0.3 is 0 Å². The number of carbonyl (C=O) groups is 1. The third-order valence-electron chi connectivity index (χ3n) is 5.58. The Hall–Kier alpha value is -1.60. The first-order chi connectivity index (χ1) is 13.2. The molecule has 1 amide bonds. The first-order valence-electron chi connectivity index (χ1n) is 10.2. The van der Waals surface area contributed by atoms with Gasteiger partial charge in [-0.15, -0.1) is 0 Å². The first kappa shape index (κ1) is 22.7. The second kappa shape index (κ2) is 9.74. The van der Waals surface area contributed by atoms with Gasteiger partial charge in [-0.3, -0.25) is 4.79 Å². The minimum atomic E-state index is -3.74. The van der Waals surface area contributed by atoms with Crippen LogP contribution in [0, 0.1) is 17.8 Å². The van der Waals surface area contributed by atoms with E-state index in [9.17, 15) is 13.2 Å². The lowest BCUT2D eigenvalue weighted by Crippen LogP contribution is -2.42. The summed E-state index contributed by atoms with van der Waals surface area (Å²) in [5.41, 5.74) is 0.337. The number of rotatable bonds is 8. The molecule has 2 unspecified atom stereocenters. The summed E-state index contributed by atoms with van der Waals surface area (Å²) in [4.78, 5) is 12.6. The SMILES string of the molecule is CCC(CC)CNC(=O)c1ccc(OC)c(S(=O)(=O)N2CC(C)CC(C)C2)c1. The van der Waals surface area contributed by atoms with Gasteiger partial charge in [0.15, 0.2) is 0 Å². The van der Waals surface area contributed by atoms with Crippen molar-refractivity contribution in [3.8, 4) is 5.75 Å². The maximum atomic E-state index is 13.3. The van der Waals surface area contributed by atoms with Crippen molar-refractivity contribution in [2.75, 3.05) is 26.7 Å². The Labute approximate surface area is 169 Å². The molecule has 1 aliphatic rings. The van der Waals surface area contributed by atoms with Gasteiger partial charge < -0.3 is 10.1 Å². The molecule has 1 fully saturated rings. The number of methoxy groups -OCH3 is 1. The molecule has 158 valence electrons. The van der Waals surface area contributed by atoms with Crippen LogP contribution in [0.25, 0.3) is 0 Å². The van der Waals surface area contributed by atoms with Gasteiger partial charge in [-0.1, -0.05) is 40.5 Å². The summed E-state index contributed by atoms with van der Waals surface area (Å²) < 4.78 is 33.4. The molecular weight excluding hydrogens is 376 g/mol. The highest BCUT2D eigenvalue weighted by atomic mass is 32.2. The minimum Gasteiger partial charge on any atom is -0.495 e. The van der Waals surface area contributed by atoms with E-state index in [1.807, 2.05) is 0 Å². The number of nitrogens with one attached hydrogen (secondary N) is 1. The van der Waals surface area contributed by atoms with E-state index < -0.39 is 10.0 Å². The van der Waals surface area contributed by atoms with Gasteiger partial charge in [-0.25, -0.2) is 8.42 Å². The highest BCUT2D eigenvalue weighted by Crippen LogP contribution is 2.32. The lowest BCUT2D eigenvalue weighted by Gasteiger charge is -2.34. The molecule has 6 nitrogen and oxygen atoms in total. The van der Waals surface area contributed by atoms with Gasteiger partial charge in [0, 0.05) is 25.2 Å². The van der Waals surface area contributed by atoms with Crippen molar-refractivity contribution in [1.82, 2.24) is 9.62 Å². The topological polar surface area (TPSA) is 75.7 Å². The fraction of sp³-hybridized carbons (Fsp3) is 0.667. The lowest BCUT2D eigenvalue weighted by molar-refractivity contribution is 0.0946. The van der Waals surface area contributed by atoms with E-state index in [0.717, 1.165) is 19.3 Å². The van der Waals surface area contributed by atoms with Crippen molar-refractivity contribution in [1.29, 1.82) is 0 Å². The van der Waals surface area contributed by atoms with Gasteiger partial charge in [0.05, 0.1) is 7.11 Å². The Kier molecular flexibility index (Phi) is 7.89. The Morgan fingerprint density at radius 1 is 1.21 bits per heavy atom. The van der Waals surface area contributed by atoms with Crippen LogP contribution in [0.3, 0.4) is 0 Å². The summed E-state index contributed by atoms with van der Waals surface area (Å²) in [5, 5.41) is 2.92. The Balaban J connectivity index is 2.30. The molecule has 1 aliphatic heterocycles. The summed E-state index contributed by atoms with van der Waals surface area (Å²) in [6.45, 7) is 9.88. The van der Waals surface area contributed by atoms with Gasteiger partial charge in [0.25, 0.3) is 5.91 Å². The van der Waals surface area contributed by atoms with Gasteiger partial charge in [-0.2, -0.15) is 4.31 Å². The van der Waals surface area contributed by atoms with Crippen LogP contribution in [0.2, 0.25) is 0 Å². The molecule has 2 rings (SSSR count). The number of hydrogen-bond donors (Lipinski definition) is 1. The third-order valence-corrected chi connectivity index (χ3v) is 7.44. The van der Waals surface area contributed by atoms with E-state index in [-0.39, 0.29) is 16.6 Å². The molecule has 0 aliphatic carbocycles. The van der Waals surface area contributed by atoms with Crippen molar-refractivity contribution < 1.29 is 17.9 Å². The number of benzene rings is 1. The fourth-order valence-electron chi connectivity index (χ4n) is 3.88. The first-order valence-corrected chi connectivity index (χ1v) is 11.6. The molecule has 1 heterocycles. The number of sulfonamides is 1. The van der Waals surface area contributed by atoms with E-state index in [4.69, 9.17) is 4.74 Å².